The SMILES string of the molecule is COC(=O)c1ccc(C(N)c2cc(Cl)ccc2Cl)o1. The van der Waals surface area contributed by atoms with E-state index in [4.69, 9.17) is 33.4 Å². The minimum Gasteiger partial charge on any atom is -0.463 e. The predicted octanol–water partition coefficient (Wildman–Crippen LogP) is 3.42. The smallest absolute Gasteiger partial charge is 0.373 e. The highest BCUT2D eigenvalue weighted by Gasteiger charge is 2.19. The zero-order valence-corrected chi connectivity index (χ0v) is 11.5. The minimum atomic E-state index is -0.607. The van der Waals surface area contributed by atoms with E-state index in [0.717, 1.165) is 0 Å². The van der Waals surface area contributed by atoms with Gasteiger partial charge >= 0.3 is 5.97 Å². The van der Waals surface area contributed by atoms with Crippen LogP contribution in [0.1, 0.15) is 27.9 Å². The maximum Gasteiger partial charge on any atom is 0.373 e. The quantitative estimate of drug-likeness (QED) is 0.882. The second-order valence-electron chi connectivity index (χ2n) is 3.84. The minimum absolute atomic E-state index is 0.0890. The summed E-state index contributed by atoms with van der Waals surface area (Å²) in [5, 5.41) is 1.00. The van der Waals surface area contributed by atoms with Crippen molar-refractivity contribution in [1.82, 2.24) is 0 Å². The Hall–Kier alpha value is -1.49. The molecule has 1 aromatic heterocycles. The summed E-state index contributed by atoms with van der Waals surface area (Å²) in [7, 11) is 1.28. The second-order valence-corrected chi connectivity index (χ2v) is 4.68. The van der Waals surface area contributed by atoms with Crippen molar-refractivity contribution in [3.63, 3.8) is 0 Å². The fourth-order valence-electron chi connectivity index (χ4n) is 1.64. The van der Waals surface area contributed by atoms with Crippen LogP contribution < -0.4 is 5.73 Å². The maximum absolute atomic E-state index is 11.3. The van der Waals surface area contributed by atoms with Gasteiger partial charge in [0.15, 0.2) is 0 Å². The van der Waals surface area contributed by atoms with Crippen molar-refractivity contribution in [2.24, 2.45) is 5.73 Å². The van der Waals surface area contributed by atoms with Gasteiger partial charge in [0.1, 0.15) is 5.76 Å². The van der Waals surface area contributed by atoms with Crippen molar-refractivity contribution >= 4 is 29.2 Å². The normalized spacial score (nSPS) is 12.2. The van der Waals surface area contributed by atoms with Crippen LogP contribution in [0.15, 0.2) is 34.7 Å². The number of furan rings is 1. The van der Waals surface area contributed by atoms with Crippen molar-refractivity contribution in [3.8, 4) is 0 Å². The van der Waals surface area contributed by atoms with E-state index in [1.54, 1.807) is 24.3 Å². The topological polar surface area (TPSA) is 65.5 Å². The third kappa shape index (κ3) is 2.92. The van der Waals surface area contributed by atoms with Crippen molar-refractivity contribution in [2.45, 2.75) is 6.04 Å². The van der Waals surface area contributed by atoms with Gasteiger partial charge in [0.25, 0.3) is 0 Å². The number of carbonyl (C=O) groups is 1. The molecule has 0 aliphatic rings. The molecule has 1 aromatic carbocycles. The van der Waals surface area contributed by atoms with Crippen LogP contribution in [0, 0.1) is 0 Å². The molecule has 0 bridgehead atoms. The summed E-state index contributed by atoms with van der Waals surface area (Å²) in [6.07, 6.45) is 0. The molecule has 4 nitrogen and oxygen atoms in total. The molecule has 1 heterocycles. The van der Waals surface area contributed by atoms with Crippen molar-refractivity contribution in [2.75, 3.05) is 7.11 Å². The molecule has 0 spiro atoms. The third-order valence-electron chi connectivity index (χ3n) is 2.61. The number of methoxy groups -OCH3 is 1. The molecule has 1 unspecified atom stereocenters. The maximum atomic E-state index is 11.3. The van der Waals surface area contributed by atoms with Gasteiger partial charge in [-0.15, -0.1) is 0 Å². The Labute approximate surface area is 120 Å². The second kappa shape index (κ2) is 5.65. The first-order valence-corrected chi connectivity index (χ1v) is 6.17. The number of carbonyl (C=O) groups excluding carboxylic acids is 1. The summed E-state index contributed by atoms with van der Waals surface area (Å²) in [5.74, 6) is -0.0636. The van der Waals surface area contributed by atoms with E-state index < -0.39 is 12.0 Å². The predicted molar refractivity (Wildman–Crippen MR) is 72.5 cm³/mol. The molecule has 0 saturated heterocycles. The van der Waals surface area contributed by atoms with Crippen LogP contribution in [0.4, 0.5) is 0 Å². The van der Waals surface area contributed by atoms with Gasteiger partial charge in [0.05, 0.1) is 13.2 Å². The highest BCUT2D eigenvalue weighted by atomic mass is 35.5. The molecule has 6 heteroatoms. The molecule has 19 heavy (non-hydrogen) atoms. The Morgan fingerprint density at radius 2 is 2.05 bits per heavy atom. The van der Waals surface area contributed by atoms with Crippen LogP contribution in [0.3, 0.4) is 0 Å². The van der Waals surface area contributed by atoms with Crippen molar-refractivity contribution < 1.29 is 13.9 Å². The van der Waals surface area contributed by atoms with E-state index in [0.29, 0.717) is 21.4 Å². The number of halogens is 2. The van der Waals surface area contributed by atoms with E-state index in [1.165, 1.54) is 13.2 Å². The lowest BCUT2D eigenvalue weighted by Crippen LogP contribution is -2.11. The van der Waals surface area contributed by atoms with Crippen LogP contribution in [0.5, 0.6) is 0 Å². The zero-order valence-electron chi connectivity index (χ0n) is 10.0. The summed E-state index contributed by atoms with van der Waals surface area (Å²) < 4.78 is 9.90. The summed E-state index contributed by atoms with van der Waals surface area (Å²) in [6.45, 7) is 0. The lowest BCUT2D eigenvalue weighted by Gasteiger charge is -2.11. The van der Waals surface area contributed by atoms with E-state index in [-0.39, 0.29) is 5.76 Å². The van der Waals surface area contributed by atoms with Crippen LogP contribution in [-0.4, -0.2) is 13.1 Å². The number of hydrogen-bond donors (Lipinski definition) is 1. The monoisotopic (exact) mass is 299 g/mol. The first kappa shape index (κ1) is 13.9. The number of esters is 1. The molecule has 2 rings (SSSR count). The van der Waals surface area contributed by atoms with E-state index in [1.807, 2.05) is 0 Å². The number of hydrogen-bond acceptors (Lipinski definition) is 4. The number of rotatable bonds is 3. The summed E-state index contributed by atoms with van der Waals surface area (Å²) in [4.78, 5) is 11.3. The standard InChI is InChI=1S/C13H11Cl2NO3/c1-18-13(17)11-5-4-10(19-11)12(16)8-6-7(14)2-3-9(8)15/h2-6,12H,16H2,1H3. The van der Waals surface area contributed by atoms with E-state index in [9.17, 15) is 4.79 Å². The molecule has 0 aliphatic carbocycles. The van der Waals surface area contributed by atoms with Crippen molar-refractivity contribution in [1.29, 1.82) is 0 Å². The molecular formula is C13H11Cl2NO3. The Balaban J connectivity index is 2.33. The van der Waals surface area contributed by atoms with Crippen LogP contribution in [0.25, 0.3) is 0 Å². The molecule has 0 fully saturated rings. The fourth-order valence-corrected chi connectivity index (χ4v) is 2.05. The molecule has 1 atom stereocenters. The Morgan fingerprint density at radius 3 is 2.74 bits per heavy atom. The Bertz CT molecular complexity index is 610. The third-order valence-corrected chi connectivity index (χ3v) is 3.19. The first-order chi connectivity index (χ1) is 9.02. The van der Waals surface area contributed by atoms with E-state index >= 15 is 0 Å². The molecule has 0 aliphatic heterocycles. The Morgan fingerprint density at radius 1 is 1.32 bits per heavy atom. The largest absolute Gasteiger partial charge is 0.463 e. The van der Waals surface area contributed by atoms with Crippen LogP contribution >= 0.6 is 23.2 Å². The van der Waals surface area contributed by atoms with Gasteiger partial charge in [-0.3, -0.25) is 0 Å². The van der Waals surface area contributed by atoms with E-state index in [2.05, 4.69) is 4.74 Å². The highest BCUT2D eigenvalue weighted by molar-refractivity contribution is 6.33. The average Bonchev–Trinajstić information content (AvgIpc) is 2.89. The molecule has 100 valence electrons. The summed E-state index contributed by atoms with van der Waals surface area (Å²) >= 11 is 12.0. The number of benzene rings is 1. The average molecular weight is 300 g/mol. The number of ether oxygens (including phenoxy) is 1. The molecular weight excluding hydrogens is 289 g/mol. The summed E-state index contributed by atoms with van der Waals surface area (Å²) in [5.41, 5.74) is 6.68. The van der Waals surface area contributed by atoms with Gasteiger partial charge in [-0.1, -0.05) is 23.2 Å². The molecule has 0 amide bonds. The lowest BCUT2D eigenvalue weighted by molar-refractivity contribution is 0.0562. The molecule has 0 saturated carbocycles. The van der Waals surface area contributed by atoms with Crippen LogP contribution in [0.2, 0.25) is 10.0 Å². The highest BCUT2D eigenvalue weighted by Crippen LogP contribution is 2.30. The van der Waals surface area contributed by atoms with Gasteiger partial charge < -0.3 is 14.9 Å². The zero-order chi connectivity index (χ0) is 14.0. The first-order valence-electron chi connectivity index (χ1n) is 5.41. The Kier molecular flexibility index (Phi) is 4.14. The lowest BCUT2D eigenvalue weighted by atomic mass is 10.1. The molecule has 2 N–H and O–H groups in total. The van der Waals surface area contributed by atoms with Gasteiger partial charge in [-0.2, -0.15) is 0 Å². The number of nitrogens with two attached hydrogens (primary N) is 1. The van der Waals surface area contributed by atoms with Gasteiger partial charge in [0.2, 0.25) is 5.76 Å². The van der Waals surface area contributed by atoms with Crippen molar-refractivity contribution in [3.05, 3.63) is 57.5 Å². The summed E-state index contributed by atoms with van der Waals surface area (Å²) in [6, 6.07) is 7.48. The molecule has 0 radical (unpaired) electrons. The van der Waals surface area contributed by atoms with Gasteiger partial charge in [-0.25, -0.2) is 4.79 Å². The van der Waals surface area contributed by atoms with Gasteiger partial charge in [0, 0.05) is 10.0 Å². The van der Waals surface area contributed by atoms with Crippen LogP contribution in [-0.2, 0) is 4.74 Å². The fraction of sp³-hybridized carbons (Fsp3) is 0.154. The van der Waals surface area contributed by atoms with Gasteiger partial charge in [-0.05, 0) is 35.9 Å². The molecule has 2 aromatic rings.